The molecule has 0 aromatic carbocycles. The van der Waals surface area contributed by atoms with Crippen molar-refractivity contribution in [2.75, 3.05) is 31.7 Å². The van der Waals surface area contributed by atoms with E-state index in [0.29, 0.717) is 6.04 Å². The fourth-order valence-corrected chi connectivity index (χ4v) is 1.86. The van der Waals surface area contributed by atoms with Crippen molar-refractivity contribution >= 4 is 11.5 Å². The third kappa shape index (κ3) is 2.88. The molecule has 16 heavy (non-hydrogen) atoms. The van der Waals surface area contributed by atoms with Gasteiger partial charge in [0.25, 0.3) is 0 Å². The number of nitrogens with zero attached hydrogens (tertiary/aromatic N) is 3. The van der Waals surface area contributed by atoms with Gasteiger partial charge in [-0.05, 0) is 27.4 Å². The third-order valence-corrected chi connectivity index (χ3v) is 2.52. The zero-order valence-electron chi connectivity index (χ0n) is 10.9. The predicted molar refractivity (Wildman–Crippen MR) is 68.6 cm³/mol. The number of hydrogen-bond donors (Lipinski definition) is 2. The summed E-state index contributed by atoms with van der Waals surface area (Å²) in [4.78, 5) is 2.14. The average molecular weight is 225 g/mol. The van der Waals surface area contributed by atoms with E-state index in [0.717, 1.165) is 30.2 Å². The van der Waals surface area contributed by atoms with Crippen LogP contribution in [0.5, 0.6) is 0 Å². The molecule has 0 aliphatic rings. The van der Waals surface area contributed by atoms with Crippen LogP contribution in [0.25, 0.3) is 0 Å². The van der Waals surface area contributed by atoms with Crippen LogP contribution in [0, 0.1) is 0 Å². The summed E-state index contributed by atoms with van der Waals surface area (Å²) >= 11 is 0. The monoisotopic (exact) mass is 225 g/mol. The lowest BCUT2D eigenvalue weighted by Gasteiger charge is -2.19. The van der Waals surface area contributed by atoms with Gasteiger partial charge in [0.1, 0.15) is 5.82 Å². The molecule has 3 N–H and O–H groups in total. The van der Waals surface area contributed by atoms with E-state index in [2.05, 4.69) is 43.3 Å². The van der Waals surface area contributed by atoms with Gasteiger partial charge in [0.2, 0.25) is 0 Å². The van der Waals surface area contributed by atoms with Crippen LogP contribution in [-0.4, -0.2) is 41.4 Å². The molecule has 1 aromatic rings. The number of aryl methyl sites for hydroxylation is 2. The summed E-state index contributed by atoms with van der Waals surface area (Å²) in [6.07, 6.45) is 0.864. The maximum Gasteiger partial charge on any atom is 0.148 e. The minimum Gasteiger partial charge on any atom is -0.394 e. The predicted octanol–water partition coefficient (Wildman–Crippen LogP) is 0.927. The molecule has 1 rings (SSSR count). The van der Waals surface area contributed by atoms with Gasteiger partial charge >= 0.3 is 0 Å². The first kappa shape index (κ1) is 12.8. The van der Waals surface area contributed by atoms with Gasteiger partial charge in [0, 0.05) is 19.6 Å². The van der Waals surface area contributed by atoms with E-state index in [9.17, 15) is 0 Å². The first-order valence-corrected chi connectivity index (χ1v) is 5.68. The van der Waals surface area contributed by atoms with Crippen LogP contribution < -0.4 is 11.1 Å². The summed E-state index contributed by atoms with van der Waals surface area (Å²) in [5.41, 5.74) is 7.77. The normalized spacial score (nSPS) is 13.1. The Balaban J connectivity index is 2.76. The summed E-state index contributed by atoms with van der Waals surface area (Å²) in [7, 11) is 6.03. The topological polar surface area (TPSA) is 59.1 Å². The molecule has 0 fully saturated rings. The highest BCUT2D eigenvalue weighted by Gasteiger charge is 2.13. The minimum atomic E-state index is 0.345. The van der Waals surface area contributed by atoms with E-state index >= 15 is 0 Å². The van der Waals surface area contributed by atoms with Crippen LogP contribution in [0.4, 0.5) is 11.5 Å². The van der Waals surface area contributed by atoms with Gasteiger partial charge in [-0.1, -0.05) is 6.92 Å². The molecule has 5 heteroatoms. The highest BCUT2D eigenvalue weighted by atomic mass is 15.3. The maximum atomic E-state index is 6.03. The maximum absolute atomic E-state index is 6.03. The Morgan fingerprint density at radius 3 is 2.56 bits per heavy atom. The number of nitrogen functional groups attached to an aromatic ring is 1. The molecule has 0 aliphatic heterocycles. The van der Waals surface area contributed by atoms with Gasteiger partial charge in [-0.3, -0.25) is 4.68 Å². The molecule has 5 nitrogen and oxygen atoms in total. The molecule has 1 heterocycles. The highest BCUT2D eigenvalue weighted by Crippen LogP contribution is 2.22. The molecule has 0 bridgehead atoms. The van der Waals surface area contributed by atoms with Crippen molar-refractivity contribution in [1.82, 2.24) is 14.7 Å². The van der Waals surface area contributed by atoms with Crippen LogP contribution in [0.15, 0.2) is 0 Å². The highest BCUT2D eigenvalue weighted by molar-refractivity contribution is 5.65. The molecule has 1 aromatic heterocycles. The fourth-order valence-electron chi connectivity index (χ4n) is 1.86. The van der Waals surface area contributed by atoms with Crippen LogP contribution in [0.1, 0.15) is 19.5 Å². The third-order valence-electron chi connectivity index (χ3n) is 2.52. The second-order valence-electron chi connectivity index (χ2n) is 4.49. The van der Waals surface area contributed by atoms with Crippen LogP contribution in [-0.2, 0) is 13.5 Å². The molecule has 0 amide bonds. The van der Waals surface area contributed by atoms with E-state index < -0.39 is 0 Å². The lowest BCUT2D eigenvalue weighted by molar-refractivity contribution is 0.391. The van der Waals surface area contributed by atoms with E-state index in [-0.39, 0.29) is 0 Å². The molecule has 1 unspecified atom stereocenters. The number of aromatic nitrogens is 2. The van der Waals surface area contributed by atoms with Gasteiger partial charge in [-0.2, -0.15) is 5.10 Å². The van der Waals surface area contributed by atoms with Gasteiger partial charge in [-0.15, -0.1) is 0 Å². The van der Waals surface area contributed by atoms with E-state index in [1.54, 1.807) is 0 Å². The quantitative estimate of drug-likeness (QED) is 0.782. The summed E-state index contributed by atoms with van der Waals surface area (Å²) in [5.74, 6) is 0.922. The number of rotatable bonds is 5. The smallest absolute Gasteiger partial charge is 0.148 e. The molecule has 0 saturated heterocycles. The van der Waals surface area contributed by atoms with Crippen molar-refractivity contribution in [3.05, 3.63) is 5.69 Å². The Labute approximate surface area is 97.6 Å². The second kappa shape index (κ2) is 5.21. The molecular weight excluding hydrogens is 202 g/mol. The lowest BCUT2D eigenvalue weighted by Crippen LogP contribution is -2.30. The molecule has 0 saturated carbocycles. The summed E-state index contributed by atoms with van der Waals surface area (Å²) in [5, 5.41) is 7.77. The Kier molecular flexibility index (Phi) is 4.18. The molecule has 92 valence electrons. The summed E-state index contributed by atoms with van der Waals surface area (Å²) < 4.78 is 1.82. The molecule has 1 atom stereocenters. The molecular formula is C11H23N5. The summed E-state index contributed by atoms with van der Waals surface area (Å²) in [6, 6.07) is 0.345. The second-order valence-corrected chi connectivity index (χ2v) is 4.49. The molecule has 0 radical (unpaired) electrons. The van der Waals surface area contributed by atoms with Gasteiger partial charge < -0.3 is 16.0 Å². The van der Waals surface area contributed by atoms with Crippen LogP contribution >= 0.6 is 0 Å². The SMILES string of the molecule is CCc1nn(C)c(NC(C)CN(C)C)c1N. The van der Waals surface area contributed by atoms with Gasteiger partial charge in [0.15, 0.2) is 0 Å². The minimum absolute atomic E-state index is 0.345. The van der Waals surface area contributed by atoms with Crippen molar-refractivity contribution in [3.63, 3.8) is 0 Å². The van der Waals surface area contributed by atoms with Crippen molar-refractivity contribution in [1.29, 1.82) is 0 Å². The van der Waals surface area contributed by atoms with Crippen molar-refractivity contribution < 1.29 is 0 Å². The largest absolute Gasteiger partial charge is 0.394 e. The first-order valence-electron chi connectivity index (χ1n) is 5.68. The Hall–Kier alpha value is -1.23. The van der Waals surface area contributed by atoms with Crippen molar-refractivity contribution in [2.24, 2.45) is 7.05 Å². The standard InChI is InChI=1S/C11H23N5/c1-6-9-10(12)11(16(5)14-9)13-8(2)7-15(3)4/h8,13H,6-7,12H2,1-5H3. The van der Waals surface area contributed by atoms with Crippen molar-refractivity contribution in [2.45, 2.75) is 26.3 Å². The van der Waals surface area contributed by atoms with Crippen LogP contribution in [0.3, 0.4) is 0 Å². The number of hydrogen-bond acceptors (Lipinski definition) is 4. The average Bonchev–Trinajstić information content (AvgIpc) is 2.44. The molecule has 0 spiro atoms. The van der Waals surface area contributed by atoms with Crippen molar-refractivity contribution in [3.8, 4) is 0 Å². The fraction of sp³-hybridized carbons (Fsp3) is 0.727. The number of likely N-dealkylation sites (N-methyl/N-ethyl adjacent to an activating group) is 1. The van der Waals surface area contributed by atoms with Gasteiger partial charge in [-0.25, -0.2) is 0 Å². The Morgan fingerprint density at radius 2 is 2.12 bits per heavy atom. The van der Waals surface area contributed by atoms with E-state index in [1.165, 1.54) is 0 Å². The van der Waals surface area contributed by atoms with E-state index in [1.807, 2.05) is 11.7 Å². The lowest BCUT2D eigenvalue weighted by atomic mass is 10.2. The Bertz CT molecular complexity index is 342. The summed E-state index contributed by atoms with van der Waals surface area (Å²) in [6.45, 7) is 5.16. The zero-order valence-corrected chi connectivity index (χ0v) is 10.9. The van der Waals surface area contributed by atoms with Crippen LogP contribution in [0.2, 0.25) is 0 Å². The zero-order chi connectivity index (χ0) is 12.3. The Morgan fingerprint density at radius 1 is 1.50 bits per heavy atom. The molecule has 0 aliphatic carbocycles. The number of nitrogens with one attached hydrogen (secondary N) is 1. The first-order chi connectivity index (χ1) is 7.45. The number of anilines is 2. The van der Waals surface area contributed by atoms with E-state index in [4.69, 9.17) is 5.73 Å². The number of nitrogens with two attached hydrogens (primary N) is 1. The van der Waals surface area contributed by atoms with Gasteiger partial charge in [0.05, 0.1) is 11.4 Å².